The molecule has 2 N–H and O–H groups in total. The molecule has 0 atom stereocenters. The zero-order chi connectivity index (χ0) is 16.1. The lowest BCUT2D eigenvalue weighted by atomic mass is 10.2. The van der Waals surface area contributed by atoms with Crippen LogP contribution in [-0.4, -0.2) is 18.1 Å². The van der Waals surface area contributed by atoms with Crippen molar-refractivity contribution < 1.29 is 9.53 Å². The van der Waals surface area contributed by atoms with Crippen LogP contribution in [0.25, 0.3) is 0 Å². The van der Waals surface area contributed by atoms with Gasteiger partial charge < -0.3 is 10.1 Å². The van der Waals surface area contributed by atoms with Crippen LogP contribution in [0.3, 0.4) is 0 Å². The fraction of sp³-hybridized carbons (Fsp3) is 0.125. The lowest BCUT2D eigenvalue weighted by Crippen LogP contribution is -2.34. The Morgan fingerprint density at radius 2 is 1.95 bits per heavy atom. The molecule has 114 valence electrons. The topological polar surface area (TPSA) is 50.4 Å². The van der Waals surface area contributed by atoms with Crippen molar-refractivity contribution in [2.75, 3.05) is 12.4 Å². The minimum Gasteiger partial charge on any atom is -0.496 e. The number of carbonyl (C=O) groups excluding carboxylic acids is 1. The number of hydrogen-bond donors (Lipinski definition) is 2. The summed E-state index contributed by atoms with van der Waals surface area (Å²) in [5.74, 6) is 0.381. The van der Waals surface area contributed by atoms with E-state index in [1.54, 1.807) is 25.3 Å². The average Bonchev–Trinajstić information content (AvgIpc) is 2.49. The maximum absolute atomic E-state index is 12.2. The molecule has 2 aromatic rings. The number of aryl methyl sites for hydroxylation is 1. The van der Waals surface area contributed by atoms with Crippen LogP contribution < -0.4 is 15.4 Å². The molecule has 0 bridgehead atoms. The van der Waals surface area contributed by atoms with E-state index in [4.69, 9.17) is 17.0 Å². The van der Waals surface area contributed by atoms with Crippen LogP contribution in [0.2, 0.25) is 0 Å². The van der Waals surface area contributed by atoms with Gasteiger partial charge in [-0.1, -0.05) is 18.2 Å². The number of ether oxygens (including phenoxy) is 1. The highest BCUT2D eigenvalue weighted by atomic mass is 79.9. The first-order valence-corrected chi connectivity index (χ1v) is 7.73. The molecular formula is C16H15BrN2O2S. The van der Waals surface area contributed by atoms with Crippen molar-refractivity contribution in [3.05, 3.63) is 58.1 Å². The van der Waals surface area contributed by atoms with E-state index in [1.165, 1.54) is 0 Å². The summed E-state index contributed by atoms with van der Waals surface area (Å²) in [6, 6.07) is 12.8. The molecule has 0 saturated heterocycles. The Kier molecular flexibility index (Phi) is 5.51. The maximum atomic E-state index is 12.2. The van der Waals surface area contributed by atoms with Gasteiger partial charge in [-0.2, -0.15) is 0 Å². The van der Waals surface area contributed by atoms with Crippen molar-refractivity contribution >= 4 is 44.9 Å². The summed E-state index contributed by atoms with van der Waals surface area (Å²) in [6.07, 6.45) is 0. The number of thiocarbonyl (C=S) groups is 1. The molecule has 0 saturated carbocycles. The number of rotatable bonds is 3. The lowest BCUT2D eigenvalue weighted by Gasteiger charge is -2.12. The second kappa shape index (κ2) is 7.38. The van der Waals surface area contributed by atoms with Crippen molar-refractivity contribution in [1.29, 1.82) is 0 Å². The van der Waals surface area contributed by atoms with Crippen LogP contribution in [0, 0.1) is 6.92 Å². The van der Waals surface area contributed by atoms with E-state index in [-0.39, 0.29) is 11.0 Å². The highest BCUT2D eigenvalue weighted by molar-refractivity contribution is 9.10. The van der Waals surface area contributed by atoms with E-state index in [0.29, 0.717) is 15.8 Å². The quantitative estimate of drug-likeness (QED) is 0.795. The second-order valence-corrected chi connectivity index (χ2v) is 5.84. The van der Waals surface area contributed by atoms with Crippen molar-refractivity contribution in [1.82, 2.24) is 5.32 Å². The van der Waals surface area contributed by atoms with E-state index in [0.717, 1.165) is 11.3 Å². The van der Waals surface area contributed by atoms with Crippen LogP contribution >= 0.6 is 28.1 Å². The molecule has 0 aromatic heterocycles. The Balaban J connectivity index is 2.04. The van der Waals surface area contributed by atoms with Gasteiger partial charge in [0.05, 0.1) is 11.6 Å². The van der Waals surface area contributed by atoms with Crippen molar-refractivity contribution in [3.63, 3.8) is 0 Å². The van der Waals surface area contributed by atoms with Crippen molar-refractivity contribution in [2.24, 2.45) is 0 Å². The molecule has 0 radical (unpaired) electrons. The monoisotopic (exact) mass is 378 g/mol. The highest BCUT2D eigenvalue weighted by Gasteiger charge is 2.11. The molecule has 0 aliphatic heterocycles. The van der Waals surface area contributed by atoms with E-state index in [2.05, 4.69) is 26.6 Å². The Labute approximate surface area is 143 Å². The summed E-state index contributed by atoms with van der Waals surface area (Å²) in [6.45, 7) is 1.97. The molecular weight excluding hydrogens is 364 g/mol. The Bertz CT molecular complexity index is 719. The van der Waals surface area contributed by atoms with Crippen LogP contribution in [-0.2, 0) is 0 Å². The molecule has 2 rings (SSSR count). The van der Waals surface area contributed by atoms with Gasteiger partial charge in [-0.25, -0.2) is 0 Å². The molecule has 0 aliphatic rings. The highest BCUT2D eigenvalue weighted by Crippen LogP contribution is 2.25. The number of halogens is 1. The molecule has 0 heterocycles. The first-order valence-electron chi connectivity index (χ1n) is 6.52. The number of methoxy groups -OCH3 is 1. The molecule has 0 aliphatic carbocycles. The van der Waals surface area contributed by atoms with E-state index >= 15 is 0 Å². The second-order valence-electron chi connectivity index (χ2n) is 4.57. The maximum Gasteiger partial charge on any atom is 0.257 e. The van der Waals surface area contributed by atoms with Gasteiger partial charge in [0.25, 0.3) is 5.91 Å². The molecule has 1 amide bonds. The molecule has 6 heteroatoms. The first kappa shape index (κ1) is 16.5. The first-order chi connectivity index (χ1) is 10.5. The Morgan fingerprint density at radius 3 is 2.59 bits per heavy atom. The molecule has 0 fully saturated rings. The van der Waals surface area contributed by atoms with Gasteiger partial charge >= 0.3 is 0 Å². The fourth-order valence-electron chi connectivity index (χ4n) is 1.85. The van der Waals surface area contributed by atoms with Crippen LogP contribution in [0.4, 0.5) is 5.69 Å². The van der Waals surface area contributed by atoms with Gasteiger partial charge in [0.1, 0.15) is 5.75 Å². The third-order valence-electron chi connectivity index (χ3n) is 3.03. The van der Waals surface area contributed by atoms with E-state index in [1.807, 2.05) is 31.2 Å². The third kappa shape index (κ3) is 4.05. The number of nitrogens with one attached hydrogen (secondary N) is 2. The molecule has 22 heavy (non-hydrogen) atoms. The van der Waals surface area contributed by atoms with Gasteiger partial charge in [0, 0.05) is 11.3 Å². The number of para-hydroxylation sites is 1. The van der Waals surface area contributed by atoms with Gasteiger partial charge in [-0.3, -0.25) is 10.1 Å². The summed E-state index contributed by atoms with van der Waals surface area (Å²) in [7, 11) is 1.57. The normalized spacial score (nSPS) is 9.95. The number of hydrogen-bond acceptors (Lipinski definition) is 3. The van der Waals surface area contributed by atoms with E-state index in [9.17, 15) is 4.79 Å². The Hall–Kier alpha value is -1.92. The van der Waals surface area contributed by atoms with Gasteiger partial charge in [0.15, 0.2) is 5.11 Å². The zero-order valence-electron chi connectivity index (χ0n) is 12.1. The number of benzene rings is 2. The summed E-state index contributed by atoms with van der Waals surface area (Å²) in [5, 5.41) is 5.92. The Morgan fingerprint density at radius 1 is 1.23 bits per heavy atom. The predicted molar refractivity (Wildman–Crippen MR) is 95.6 cm³/mol. The van der Waals surface area contributed by atoms with Crippen LogP contribution in [0.5, 0.6) is 5.75 Å². The smallest absolute Gasteiger partial charge is 0.257 e. The van der Waals surface area contributed by atoms with Gasteiger partial charge in [-0.05, 0) is 64.9 Å². The summed E-state index contributed by atoms with van der Waals surface area (Å²) < 4.78 is 5.84. The third-order valence-corrected chi connectivity index (χ3v) is 3.86. The zero-order valence-corrected chi connectivity index (χ0v) is 14.5. The predicted octanol–water partition coefficient (Wildman–Crippen LogP) is 3.89. The summed E-state index contributed by atoms with van der Waals surface area (Å²) >= 11 is 8.53. The summed E-state index contributed by atoms with van der Waals surface area (Å²) in [5.41, 5.74) is 2.40. The number of anilines is 1. The standard InChI is InChI=1S/C16H15BrN2O2S/c1-10-5-3-4-6-13(10)18-16(22)19-15(20)11-7-8-14(21-2)12(17)9-11/h3-9H,1-2H3,(H2,18,19,20,22). The fourth-order valence-corrected chi connectivity index (χ4v) is 2.59. The SMILES string of the molecule is COc1ccc(C(=O)NC(=S)Nc2ccccc2C)cc1Br. The molecule has 0 spiro atoms. The number of carbonyl (C=O) groups is 1. The minimum absolute atomic E-state index is 0.256. The lowest BCUT2D eigenvalue weighted by molar-refractivity contribution is 0.0977. The average molecular weight is 379 g/mol. The van der Waals surface area contributed by atoms with Gasteiger partial charge in [0.2, 0.25) is 0 Å². The molecule has 0 unspecified atom stereocenters. The van der Waals surface area contributed by atoms with Crippen molar-refractivity contribution in [3.8, 4) is 5.75 Å². The largest absolute Gasteiger partial charge is 0.496 e. The number of amides is 1. The minimum atomic E-state index is -0.283. The molecule has 4 nitrogen and oxygen atoms in total. The van der Waals surface area contributed by atoms with E-state index < -0.39 is 0 Å². The van der Waals surface area contributed by atoms with Crippen molar-refractivity contribution in [2.45, 2.75) is 6.92 Å². The van der Waals surface area contributed by atoms with Crippen LogP contribution in [0.15, 0.2) is 46.9 Å². The molecule has 2 aromatic carbocycles. The summed E-state index contributed by atoms with van der Waals surface area (Å²) in [4.78, 5) is 12.2. The van der Waals surface area contributed by atoms with Crippen LogP contribution in [0.1, 0.15) is 15.9 Å². The van der Waals surface area contributed by atoms with Gasteiger partial charge in [-0.15, -0.1) is 0 Å².